The highest BCUT2D eigenvalue weighted by atomic mass is 15.2. The lowest BCUT2D eigenvalue weighted by atomic mass is 9.76. The van der Waals surface area contributed by atoms with Gasteiger partial charge < -0.3 is 29.3 Å². The van der Waals surface area contributed by atoms with Gasteiger partial charge in [0.25, 0.3) is 0 Å². The summed E-state index contributed by atoms with van der Waals surface area (Å²) in [6, 6.07) is 165. The molecular formula is C130H90N6. The summed E-state index contributed by atoms with van der Waals surface area (Å²) in [5, 5.41) is 24.2. The third kappa shape index (κ3) is 12.8. The molecule has 0 spiro atoms. The van der Waals surface area contributed by atoms with Crippen LogP contribution in [-0.2, 0) is 6.42 Å². The lowest BCUT2D eigenvalue weighted by molar-refractivity contribution is 0.721. The standard InChI is InChI=1S/C44H28N2.C44H34N2.C42H28N2/c1-2-12-28(13-3-1)29-22-24-30(25-23-29)46-41-21-11-9-19-36(41)43-34-17-6-4-14-31(34)38(27-42(43)46)37-26-39-33-16-8-10-20-40(33)45-44(39)35-18-7-5-15-32(35)37;1-3-15-31(16-4-1)44-37(35-21-9-11-24-40(35)45-44)27-26-30-14-13-17-32(28-30)39-29-42-43(36-22-8-7-20-34(36)39)38-23-10-12-25-41(38)46(42)33-18-5-2-6-19-33;1-2-12-27-23-28(22-21-26(27)11-1)44-39-20-10-8-18-34(39)41-32-16-5-3-13-29(32)36(25-40(41)44)35-24-37-31-15-7-9-19-38(31)43-42(37)33-17-6-4-14-30(33)35/h1-27,45H;1-29,37,42-45H;1-3,5-13,15-25,43H,4,14H2/b;27-26+;. The van der Waals surface area contributed by atoms with E-state index in [0.717, 1.165) is 18.5 Å². The van der Waals surface area contributed by atoms with E-state index in [-0.39, 0.29) is 23.9 Å². The Bertz CT molecular complexity index is 9220. The topological polar surface area (TPSA) is 56.7 Å². The molecule has 6 heterocycles. The summed E-state index contributed by atoms with van der Waals surface area (Å²) in [4.78, 5) is 10.0. The van der Waals surface area contributed by atoms with Crippen LogP contribution < -0.4 is 10.2 Å². The maximum absolute atomic E-state index is 3.79. The predicted octanol–water partition coefficient (Wildman–Crippen LogP) is 34.2. The predicted molar refractivity (Wildman–Crippen MR) is 576 cm³/mol. The molecule has 0 saturated carbocycles. The molecule has 29 rings (SSSR count). The summed E-state index contributed by atoms with van der Waals surface area (Å²) < 4.78 is 4.92. The Labute approximate surface area is 787 Å². The van der Waals surface area contributed by atoms with Crippen molar-refractivity contribution in [3.8, 4) is 44.8 Å². The van der Waals surface area contributed by atoms with Crippen molar-refractivity contribution in [2.75, 3.05) is 10.2 Å². The molecule has 0 radical (unpaired) electrons. The van der Waals surface area contributed by atoms with Crippen molar-refractivity contribution in [1.82, 2.24) is 19.1 Å². The van der Waals surface area contributed by atoms with Gasteiger partial charge in [-0.15, -0.1) is 0 Å². The van der Waals surface area contributed by atoms with Gasteiger partial charge in [0.1, 0.15) is 0 Å². The van der Waals surface area contributed by atoms with Crippen LogP contribution in [0.2, 0.25) is 0 Å². The van der Waals surface area contributed by atoms with E-state index >= 15 is 0 Å². The smallest absolute Gasteiger partial charge is 0.0641 e. The zero-order chi connectivity index (χ0) is 89.4. The highest BCUT2D eigenvalue weighted by Crippen LogP contribution is 2.56. The number of nitrogens with one attached hydrogen (secondary N) is 3. The zero-order valence-electron chi connectivity index (χ0n) is 74.7. The van der Waals surface area contributed by atoms with Crippen LogP contribution in [0.3, 0.4) is 0 Å². The maximum atomic E-state index is 3.79. The number of hydrogen-bond acceptors (Lipinski definition) is 2. The first-order chi connectivity index (χ1) is 67.5. The molecule has 3 N–H and O–H groups in total. The van der Waals surface area contributed by atoms with Crippen molar-refractivity contribution in [1.29, 1.82) is 0 Å². The first-order valence-electron chi connectivity index (χ1n) is 47.6. The van der Waals surface area contributed by atoms with E-state index in [2.05, 4.69) is 509 Å². The minimum atomic E-state index is 0.191. The van der Waals surface area contributed by atoms with E-state index < -0.39 is 0 Å². The Kier molecular flexibility index (Phi) is 18.7. The molecule has 4 aromatic heterocycles. The largest absolute Gasteiger partial charge is 0.377 e. The first-order valence-corrected chi connectivity index (χ1v) is 47.6. The Morgan fingerprint density at radius 1 is 0.309 bits per heavy atom. The molecule has 21 aromatic carbocycles. The molecule has 0 amide bonds. The Morgan fingerprint density at radius 2 is 0.816 bits per heavy atom. The fraction of sp³-hybridized carbons (Fsp3) is 0.0462. The molecule has 2 aliphatic carbocycles. The second kappa shape index (κ2) is 32.3. The molecule has 25 aromatic rings. The number of rotatable bonds is 10. The summed E-state index contributed by atoms with van der Waals surface area (Å²) in [5.74, 6) is 0.526. The number of aromatic nitrogens is 4. The van der Waals surface area contributed by atoms with Crippen LogP contribution in [0.15, 0.2) is 467 Å². The molecule has 0 saturated heterocycles. The van der Waals surface area contributed by atoms with Gasteiger partial charge in [0.05, 0.1) is 45.2 Å². The lowest BCUT2D eigenvalue weighted by Crippen LogP contribution is -2.31. The normalized spacial score (nSPS) is 15.3. The molecular weight excluding hydrogens is 1650 g/mol. The third-order valence-corrected chi connectivity index (χ3v) is 29.5. The van der Waals surface area contributed by atoms with Crippen LogP contribution in [0.1, 0.15) is 74.4 Å². The van der Waals surface area contributed by atoms with Gasteiger partial charge in [-0.2, -0.15) is 0 Å². The second-order valence-corrected chi connectivity index (χ2v) is 36.8. The molecule has 6 nitrogen and oxygen atoms in total. The highest BCUT2D eigenvalue weighted by Gasteiger charge is 2.43. The van der Waals surface area contributed by atoms with Gasteiger partial charge in [-0.25, -0.2) is 0 Å². The maximum Gasteiger partial charge on any atom is 0.0641 e. The number of aromatic amines is 2. The van der Waals surface area contributed by atoms with Gasteiger partial charge in [-0.05, 0) is 237 Å². The van der Waals surface area contributed by atoms with Crippen molar-refractivity contribution >= 4 is 165 Å². The number of H-pyrrole nitrogens is 2. The van der Waals surface area contributed by atoms with Gasteiger partial charge in [-0.3, -0.25) is 0 Å². The van der Waals surface area contributed by atoms with E-state index in [0.29, 0.717) is 0 Å². The quantitative estimate of drug-likeness (QED) is 0.128. The minimum absolute atomic E-state index is 0.191. The summed E-state index contributed by atoms with van der Waals surface area (Å²) >= 11 is 0. The first kappa shape index (κ1) is 78.5. The van der Waals surface area contributed by atoms with Crippen LogP contribution >= 0.6 is 0 Å². The molecule has 640 valence electrons. The number of hydrogen-bond donors (Lipinski definition) is 3. The van der Waals surface area contributed by atoms with Crippen molar-refractivity contribution in [2.45, 2.75) is 36.8 Å². The molecule has 4 atom stereocenters. The Morgan fingerprint density at radius 3 is 1.52 bits per heavy atom. The lowest BCUT2D eigenvalue weighted by Gasteiger charge is -2.34. The molecule has 136 heavy (non-hydrogen) atoms. The summed E-state index contributed by atoms with van der Waals surface area (Å²) in [6.45, 7) is 0. The molecule has 2 aliphatic heterocycles. The van der Waals surface area contributed by atoms with Gasteiger partial charge >= 0.3 is 0 Å². The van der Waals surface area contributed by atoms with Crippen molar-refractivity contribution in [2.24, 2.45) is 0 Å². The Hall–Kier alpha value is -17.3. The fourth-order valence-corrected chi connectivity index (χ4v) is 23.5. The van der Waals surface area contributed by atoms with Crippen LogP contribution in [0.5, 0.6) is 0 Å². The fourth-order valence-electron chi connectivity index (χ4n) is 23.5. The van der Waals surface area contributed by atoms with E-state index in [1.165, 1.54) is 242 Å². The van der Waals surface area contributed by atoms with Crippen molar-refractivity contribution in [3.63, 3.8) is 0 Å². The van der Waals surface area contributed by atoms with E-state index in [1.807, 2.05) is 0 Å². The van der Waals surface area contributed by atoms with Crippen LogP contribution in [0.25, 0.3) is 193 Å². The van der Waals surface area contributed by atoms with Gasteiger partial charge in [0.15, 0.2) is 0 Å². The summed E-state index contributed by atoms with van der Waals surface area (Å²) in [6.07, 6.45) is 14.0. The SMILES string of the molecule is C1=C(c2cccc(/C=C/C3c4ccccc4NC3c3ccccc3)c2)c2ccccc2C2c3ccccc3N(c3ccccc3)C12.C1=Cc2c(c(-c3cc4c(c5ccccc35)c3ccccc3n4-c3ccc4ccccc4c3)cc3c2[nH]c2ccccc23)CC1.c1ccc(-c2ccc(-n3c4ccccc4c4c5ccccc5c(-c5cc6c7ccccc7[nH]c6c6ccccc56)cc43)cc2)cc1. The second-order valence-electron chi connectivity index (χ2n) is 36.8. The summed E-state index contributed by atoms with van der Waals surface area (Å²) in [5.41, 5.74) is 36.7. The van der Waals surface area contributed by atoms with Gasteiger partial charge in [0, 0.05) is 105 Å². The molecule has 0 fully saturated rings. The number of fused-ring (bicyclic) bond motifs is 27. The third-order valence-electron chi connectivity index (χ3n) is 29.5. The van der Waals surface area contributed by atoms with Crippen molar-refractivity contribution < 1.29 is 0 Å². The number of nitrogens with zero attached hydrogens (tertiary/aromatic N) is 3. The molecule has 4 aliphatic rings. The zero-order valence-corrected chi connectivity index (χ0v) is 74.7. The van der Waals surface area contributed by atoms with Crippen LogP contribution in [0.4, 0.5) is 17.1 Å². The average Bonchev–Trinajstić information content (AvgIpc) is 1.54. The number of anilines is 3. The van der Waals surface area contributed by atoms with E-state index in [4.69, 9.17) is 0 Å². The van der Waals surface area contributed by atoms with E-state index in [1.54, 1.807) is 0 Å². The average molecular weight is 1740 g/mol. The minimum Gasteiger partial charge on any atom is -0.377 e. The summed E-state index contributed by atoms with van der Waals surface area (Å²) in [7, 11) is 0. The molecule has 6 heteroatoms. The van der Waals surface area contributed by atoms with Crippen molar-refractivity contribution in [3.05, 3.63) is 517 Å². The van der Waals surface area contributed by atoms with E-state index in [9.17, 15) is 0 Å². The number of para-hydroxylation sites is 7. The van der Waals surface area contributed by atoms with Crippen LogP contribution in [-0.4, -0.2) is 25.1 Å². The number of benzene rings is 21. The monoisotopic (exact) mass is 1730 g/mol. The molecule has 4 unspecified atom stereocenters. The van der Waals surface area contributed by atoms with Crippen LogP contribution in [0, 0.1) is 0 Å². The highest BCUT2D eigenvalue weighted by molar-refractivity contribution is 6.29. The number of allylic oxidation sites excluding steroid dienone is 1. The van der Waals surface area contributed by atoms with Gasteiger partial charge in [0.2, 0.25) is 0 Å². The van der Waals surface area contributed by atoms with Gasteiger partial charge in [-0.1, -0.05) is 376 Å². The Balaban J connectivity index is 0.000000103. The molecule has 0 bridgehead atoms.